The highest BCUT2D eigenvalue weighted by molar-refractivity contribution is 14.1. The summed E-state index contributed by atoms with van der Waals surface area (Å²) in [5.74, 6) is 0.504. The second-order valence-electron chi connectivity index (χ2n) is 4.26. The van der Waals surface area contributed by atoms with Crippen LogP contribution >= 0.6 is 34.2 Å². The number of benzene rings is 2. The van der Waals surface area contributed by atoms with E-state index >= 15 is 0 Å². The quantitative estimate of drug-likeness (QED) is 0.646. The number of furan rings is 1. The average Bonchev–Trinajstić information content (AvgIpc) is 2.84. The molecule has 0 aliphatic carbocycles. The number of hydrogen-bond donors (Lipinski definition) is 1. The Morgan fingerprint density at radius 3 is 2.53 bits per heavy atom. The number of rotatable bonds is 2. The molecule has 0 saturated carbocycles. The molecule has 0 spiro atoms. The molecule has 1 heterocycles. The molecule has 0 bridgehead atoms. The van der Waals surface area contributed by atoms with Crippen LogP contribution in [0, 0.1) is 3.57 Å². The molecule has 0 fully saturated rings. The van der Waals surface area contributed by atoms with Gasteiger partial charge in [-0.3, -0.25) is 0 Å². The van der Waals surface area contributed by atoms with Crippen molar-refractivity contribution in [1.29, 1.82) is 0 Å². The zero-order chi connectivity index (χ0) is 13.4. The van der Waals surface area contributed by atoms with Crippen molar-refractivity contribution in [3.05, 3.63) is 68.4 Å². The minimum absolute atomic E-state index is 0.504. The third-order valence-electron chi connectivity index (χ3n) is 2.97. The molecule has 4 heteroatoms. The van der Waals surface area contributed by atoms with Crippen molar-refractivity contribution in [2.24, 2.45) is 0 Å². The van der Waals surface area contributed by atoms with Gasteiger partial charge in [0.1, 0.15) is 11.9 Å². The Morgan fingerprint density at radius 1 is 1.11 bits per heavy atom. The van der Waals surface area contributed by atoms with Gasteiger partial charge >= 0.3 is 0 Å². The number of halogens is 2. The van der Waals surface area contributed by atoms with E-state index < -0.39 is 6.10 Å². The lowest BCUT2D eigenvalue weighted by Gasteiger charge is -2.07. The van der Waals surface area contributed by atoms with E-state index in [0.29, 0.717) is 16.4 Å². The first-order valence-corrected chi connectivity index (χ1v) is 7.22. The van der Waals surface area contributed by atoms with Crippen molar-refractivity contribution in [2.75, 3.05) is 0 Å². The predicted octanol–water partition coefficient (Wildman–Crippen LogP) is 4.77. The fraction of sp³-hybridized carbons (Fsp3) is 0.0667. The maximum absolute atomic E-state index is 10.3. The van der Waals surface area contributed by atoms with Crippen LogP contribution in [-0.2, 0) is 0 Å². The zero-order valence-corrected chi connectivity index (χ0v) is 12.7. The van der Waals surface area contributed by atoms with Gasteiger partial charge < -0.3 is 9.52 Å². The Morgan fingerprint density at radius 2 is 1.84 bits per heavy atom. The lowest BCUT2D eigenvalue weighted by molar-refractivity contribution is 0.192. The van der Waals surface area contributed by atoms with Gasteiger partial charge in [0.15, 0.2) is 5.58 Å². The fourth-order valence-corrected chi connectivity index (χ4v) is 2.57. The molecule has 3 rings (SSSR count). The SMILES string of the molecule is OC(c1ccc(I)cc1)c1cc2cccc(Cl)c2o1. The second kappa shape index (κ2) is 5.15. The summed E-state index contributed by atoms with van der Waals surface area (Å²) in [6, 6.07) is 15.1. The summed E-state index contributed by atoms with van der Waals surface area (Å²) < 4.78 is 6.79. The first-order valence-electron chi connectivity index (χ1n) is 5.76. The number of para-hydroxylation sites is 1. The van der Waals surface area contributed by atoms with E-state index in [1.807, 2.05) is 42.5 Å². The Hall–Kier alpha value is -1.04. The molecular weight excluding hydrogens is 375 g/mol. The fourth-order valence-electron chi connectivity index (χ4n) is 1.99. The van der Waals surface area contributed by atoms with E-state index in [0.717, 1.165) is 14.5 Å². The van der Waals surface area contributed by atoms with Gasteiger partial charge in [-0.2, -0.15) is 0 Å². The minimum Gasteiger partial charge on any atom is -0.456 e. The number of fused-ring (bicyclic) bond motifs is 1. The van der Waals surface area contributed by atoms with Crippen molar-refractivity contribution in [3.8, 4) is 0 Å². The van der Waals surface area contributed by atoms with Crippen molar-refractivity contribution in [1.82, 2.24) is 0 Å². The van der Waals surface area contributed by atoms with E-state index in [2.05, 4.69) is 22.6 Å². The van der Waals surface area contributed by atoms with Gasteiger partial charge in [0.05, 0.1) is 5.02 Å². The van der Waals surface area contributed by atoms with Crippen LogP contribution in [-0.4, -0.2) is 5.11 Å². The van der Waals surface area contributed by atoms with Crippen LogP contribution in [0.5, 0.6) is 0 Å². The summed E-state index contributed by atoms with van der Waals surface area (Å²) >= 11 is 8.29. The molecule has 96 valence electrons. The molecule has 0 aliphatic rings. The van der Waals surface area contributed by atoms with E-state index in [1.165, 1.54) is 0 Å². The minimum atomic E-state index is -0.777. The summed E-state index contributed by atoms with van der Waals surface area (Å²) in [5, 5.41) is 11.8. The van der Waals surface area contributed by atoms with Crippen LogP contribution in [0.3, 0.4) is 0 Å². The molecule has 1 atom stereocenters. The zero-order valence-electron chi connectivity index (χ0n) is 9.81. The standard InChI is InChI=1S/C15H10ClIO2/c16-12-3-1-2-10-8-13(19-15(10)12)14(18)9-4-6-11(17)7-5-9/h1-8,14,18H. The molecule has 0 amide bonds. The topological polar surface area (TPSA) is 33.4 Å². The van der Waals surface area contributed by atoms with Gasteiger partial charge in [0.25, 0.3) is 0 Å². The predicted molar refractivity (Wildman–Crippen MR) is 84.4 cm³/mol. The summed E-state index contributed by atoms with van der Waals surface area (Å²) in [5.41, 5.74) is 1.42. The van der Waals surface area contributed by atoms with Crippen LogP contribution in [0.25, 0.3) is 11.0 Å². The molecule has 19 heavy (non-hydrogen) atoms. The van der Waals surface area contributed by atoms with Crippen LogP contribution < -0.4 is 0 Å². The van der Waals surface area contributed by atoms with E-state index in [9.17, 15) is 5.11 Å². The second-order valence-corrected chi connectivity index (χ2v) is 5.91. The van der Waals surface area contributed by atoms with Crippen LogP contribution in [0.1, 0.15) is 17.4 Å². The normalized spacial score (nSPS) is 12.8. The van der Waals surface area contributed by atoms with Gasteiger partial charge in [0.2, 0.25) is 0 Å². The number of aliphatic hydroxyl groups excluding tert-OH is 1. The molecule has 1 aromatic heterocycles. The van der Waals surface area contributed by atoms with Crippen molar-refractivity contribution >= 4 is 45.2 Å². The Kier molecular flexibility index (Phi) is 3.52. The Labute approximate surface area is 129 Å². The molecule has 1 unspecified atom stereocenters. The highest BCUT2D eigenvalue weighted by atomic mass is 127. The third kappa shape index (κ3) is 2.50. The molecule has 1 N–H and O–H groups in total. The first-order chi connectivity index (χ1) is 9.15. The highest BCUT2D eigenvalue weighted by Crippen LogP contribution is 2.31. The third-order valence-corrected chi connectivity index (χ3v) is 3.99. The summed E-state index contributed by atoms with van der Waals surface area (Å²) in [7, 11) is 0. The molecule has 0 radical (unpaired) electrons. The number of hydrogen-bond acceptors (Lipinski definition) is 2. The van der Waals surface area contributed by atoms with Gasteiger partial charge in [-0.15, -0.1) is 0 Å². The molecule has 0 aliphatic heterocycles. The largest absolute Gasteiger partial charge is 0.456 e. The van der Waals surface area contributed by atoms with E-state index in [-0.39, 0.29) is 0 Å². The summed E-state index contributed by atoms with van der Waals surface area (Å²) in [6.45, 7) is 0. The monoisotopic (exact) mass is 384 g/mol. The maximum atomic E-state index is 10.3. The smallest absolute Gasteiger partial charge is 0.153 e. The van der Waals surface area contributed by atoms with Gasteiger partial charge in [-0.25, -0.2) is 0 Å². The number of aliphatic hydroxyl groups is 1. The first kappa shape index (κ1) is 13.0. The highest BCUT2D eigenvalue weighted by Gasteiger charge is 2.16. The lowest BCUT2D eigenvalue weighted by Crippen LogP contribution is -1.97. The molecule has 3 aromatic rings. The summed E-state index contributed by atoms with van der Waals surface area (Å²) in [4.78, 5) is 0. The van der Waals surface area contributed by atoms with Crippen LogP contribution in [0.2, 0.25) is 5.02 Å². The average molecular weight is 385 g/mol. The van der Waals surface area contributed by atoms with E-state index in [4.69, 9.17) is 16.0 Å². The molecule has 2 nitrogen and oxygen atoms in total. The van der Waals surface area contributed by atoms with Gasteiger partial charge in [-0.1, -0.05) is 35.9 Å². The van der Waals surface area contributed by atoms with Crippen molar-refractivity contribution in [2.45, 2.75) is 6.10 Å². The van der Waals surface area contributed by atoms with Crippen molar-refractivity contribution < 1.29 is 9.52 Å². The molecular formula is C15H10ClIO2. The van der Waals surface area contributed by atoms with Crippen LogP contribution in [0.15, 0.2) is 52.9 Å². The van der Waals surface area contributed by atoms with Gasteiger partial charge in [-0.05, 0) is 52.4 Å². The lowest BCUT2D eigenvalue weighted by atomic mass is 10.1. The van der Waals surface area contributed by atoms with Crippen LogP contribution in [0.4, 0.5) is 0 Å². The molecule has 0 saturated heterocycles. The van der Waals surface area contributed by atoms with Gasteiger partial charge in [0, 0.05) is 8.96 Å². The molecule has 2 aromatic carbocycles. The Balaban J connectivity index is 2.04. The maximum Gasteiger partial charge on any atom is 0.153 e. The van der Waals surface area contributed by atoms with Crippen molar-refractivity contribution in [3.63, 3.8) is 0 Å². The summed E-state index contributed by atoms with van der Waals surface area (Å²) in [6.07, 6.45) is -0.777. The van der Waals surface area contributed by atoms with E-state index in [1.54, 1.807) is 6.07 Å². The Bertz CT molecular complexity index is 719.